The van der Waals surface area contributed by atoms with E-state index in [-0.39, 0.29) is 5.91 Å². The molecule has 0 bridgehead atoms. The van der Waals surface area contributed by atoms with Crippen LogP contribution in [0.1, 0.15) is 23.3 Å². The zero-order valence-corrected chi connectivity index (χ0v) is 9.74. The first-order valence-corrected chi connectivity index (χ1v) is 6.38. The Morgan fingerprint density at radius 2 is 2.50 bits per heavy atom. The molecule has 0 aromatic carbocycles. The number of fused-ring (bicyclic) bond motifs is 1. The van der Waals surface area contributed by atoms with Crippen LogP contribution in [-0.2, 0) is 0 Å². The Morgan fingerprint density at radius 1 is 1.56 bits per heavy atom. The summed E-state index contributed by atoms with van der Waals surface area (Å²) in [7, 11) is 0. The summed E-state index contributed by atoms with van der Waals surface area (Å²) in [5.41, 5.74) is 0.489. The van der Waals surface area contributed by atoms with Gasteiger partial charge in [-0.2, -0.15) is 8.75 Å². The zero-order chi connectivity index (χ0) is 11.0. The number of hydrogen-bond acceptors (Lipinski definition) is 5. The van der Waals surface area contributed by atoms with Crippen molar-refractivity contribution in [1.82, 2.24) is 19.0 Å². The molecule has 2 aliphatic rings. The number of carbonyl (C=O) groups is 1. The molecule has 0 aliphatic carbocycles. The smallest absolute Gasteiger partial charge is 0.275 e. The molecule has 1 aromatic rings. The van der Waals surface area contributed by atoms with Crippen molar-refractivity contribution in [3.05, 3.63) is 11.9 Å². The molecule has 1 N–H and O–H groups in total. The van der Waals surface area contributed by atoms with Gasteiger partial charge in [0, 0.05) is 19.1 Å². The molecule has 1 amide bonds. The summed E-state index contributed by atoms with van der Waals surface area (Å²) in [6, 6.07) is 0.490. The first-order chi connectivity index (χ1) is 7.84. The van der Waals surface area contributed by atoms with E-state index in [9.17, 15) is 4.79 Å². The van der Waals surface area contributed by atoms with Crippen LogP contribution >= 0.6 is 11.7 Å². The Bertz CT molecular complexity index is 366. The van der Waals surface area contributed by atoms with Gasteiger partial charge < -0.3 is 10.2 Å². The van der Waals surface area contributed by atoms with E-state index in [1.54, 1.807) is 6.20 Å². The molecular formula is C10H14N4OS. The minimum atomic E-state index is 0.0324. The molecule has 2 aliphatic heterocycles. The minimum absolute atomic E-state index is 0.0324. The Labute approximate surface area is 98.2 Å². The van der Waals surface area contributed by atoms with E-state index < -0.39 is 0 Å². The normalized spacial score (nSPS) is 29.1. The lowest BCUT2D eigenvalue weighted by atomic mass is 9.94. The number of nitrogens with zero attached hydrogens (tertiary/aromatic N) is 3. The molecule has 2 atom stereocenters. The number of piperidine rings is 1. The predicted molar refractivity (Wildman–Crippen MR) is 60.3 cm³/mol. The van der Waals surface area contributed by atoms with E-state index in [0.29, 0.717) is 17.7 Å². The quantitative estimate of drug-likeness (QED) is 0.767. The number of hydrogen-bond donors (Lipinski definition) is 1. The number of rotatable bonds is 1. The van der Waals surface area contributed by atoms with Gasteiger partial charge in [0.2, 0.25) is 0 Å². The van der Waals surface area contributed by atoms with Crippen molar-refractivity contribution < 1.29 is 4.79 Å². The van der Waals surface area contributed by atoms with Crippen LogP contribution < -0.4 is 5.32 Å². The van der Waals surface area contributed by atoms with Crippen molar-refractivity contribution >= 4 is 17.6 Å². The highest BCUT2D eigenvalue weighted by Gasteiger charge is 2.37. The lowest BCUT2D eigenvalue weighted by Crippen LogP contribution is -2.41. The van der Waals surface area contributed by atoms with Crippen LogP contribution in [0, 0.1) is 5.92 Å². The number of likely N-dealkylation sites (tertiary alicyclic amines) is 1. The molecule has 5 nitrogen and oxygen atoms in total. The molecule has 2 fully saturated rings. The maximum Gasteiger partial charge on any atom is 0.275 e. The van der Waals surface area contributed by atoms with Crippen molar-refractivity contribution in [3.8, 4) is 0 Å². The van der Waals surface area contributed by atoms with Gasteiger partial charge in [-0.05, 0) is 25.3 Å². The summed E-state index contributed by atoms with van der Waals surface area (Å²) in [5, 5.41) is 3.48. The van der Waals surface area contributed by atoms with E-state index >= 15 is 0 Å². The Kier molecular flexibility index (Phi) is 2.61. The third-order valence-corrected chi connectivity index (χ3v) is 3.94. The fraction of sp³-hybridized carbons (Fsp3) is 0.700. The van der Waals surface area contributed by atoms with E-state index in [2.05, 4.69) is 14.1 Å². The summed E-state index contributed by atoms with van der Waals surface area (Å²) in [6.45, 7) is 2.77. The molecule has 3 heterocycles. The van der Waals surface area contributed by atoms with Gasteiger partial charge in [0.1, 0.15) is 0 Å². The van der Waals surface area contributed by atoms with Gasteiger partial charge >= 0.3 is 0 Å². The lowest BCUT2D eigenvalue weighted by molar-refractivity contribution is 0.0781. The van der Waals surface area contributed by atoms with Crippen molar-refractivity contribution in [1.29, 1.82) is 0 Å². The summed E-state index contributed by atoms with van der Waals surface area (Å²) >= 11 is 1.09. The molecule has 0 unspecified atom stereocenters. The molecule has 16 heavy (non-hydrogen) atoms. The van der Waals surface area contributed by atoms with Gasteiger partial charge in [-0.15, -0.1) is 0 Å². The van der Waals surface area contributed by atoms with Gasteiger partial charge in [-0.25, -0.2) is 0 Å². The first kappa shape index (κ1) is 10.2. The predicted octanol–water partition coefficient (Wildman–Crippen LogP) is 0.362. The van der Waals surface area contributed by atoms with E-state index in [4.69, 9.17) is 0 Å². The highest BCUT2D eigenvalue weighted by molar-refractivity contribution is 6.99. The second kappa shape index (κ2) is 4.10. The average Bonchev–Trinajstić information content (AvgIpc) is 2.97. The molecule has 1 aromatic heterocycles. The highest BCUT2D eigenvalue weighted by atomic mass is 32.1. The van der Waals surface area contributed by atoms with Gasteiger partial charge in [0.05, 0.1) is 17.9 Å². The van der Waals surface area contributed by atoms with Gasteiger partial charge in [-0.1, -0.05) is 0 Å². The summed E-state index contributed by atoms with van der Waals surface area (Å²) in [4.78, 5) is 14.0. The van der Waals surface area contributed by atoms with Gasteiger partial charge in [-0.3, -0.25) is 4.79 Å². The number of amides is 1. The van der Waals surface area contributed by atoms with Crippen LogP contribution in [0.25, 0.3) is 0 Å². The summed E-state index contributed by atoms with van der Waals surface area (Å²) in [6.07, 6.45) is 4.01. The standard InChI is InChI=1S/C10H14N4OS/c15-10(8-4-12-16-13-8)14-5-7-2-1-3-11-9(7)6-14/h4,7,9,11H,1-3,5-6H2/t7-,9+/m0/s1. The van der Waals surface area contributed by atoms with Gasteiger partial charge in [0.15, 0.2) is 5.69 Å². The fourth-order valence-electron chi connectivity index (χ4n) is 2.63. The SMILES string of the molecule is O=C(c1cnsn1)N1C[C@@H]2CCCN[C@@H]2C1. The first-order valence-electron chi connectivity index (χ1n) is 5.65. The topological polar surface area (TPSA) is 58.1 Å². The maximum atomic E-state index is 12.1. The van der Waals surface area contributed by atoms with Gasteiger partial charge in [0.25, 0.3) is 5.91 Å². The molecule has 86 valence electrons. The molecular weight excluding hydrogens is 224 g/mol. The van der Waals surface area contributed by atoms with E-state index in [1.807, 2.05) is 4.90 Å². The van der Waals surface area contributed by atoms with Crippen LogP contribution in [0.2, 0.25) is 0 Å². The molecule has 0 radical (unpaired) electrons. The Balaban J connectivity index is 1.71. The average molecular weight is 238 g/mol. The minimum Gasteiger partial charge on any atom is -0.335 e. The highest BCUT2D eigenvalue weighted by Crippen LogP contribution is 2.25. The number of nitrogens with one attached hydrogen (secondary N) is 1. The van der Waals surface area contributed by atoms with E-state index in [1.165, 1.54) is 12.8 Å². The largest absolute Gasteiger partial charge is 0.335 e. The molecule has 2 saturated heterocycles. The monoisotopic (exact) mass is 238 g/mol. The molecule has 0 saturated carbocycles. The second-order valence-electron chi connectivity index (χ2n) is 4.47. The summed E-state index contributed by atoms with van der Waals surface area (Å²) < 4.78 is 7.87. The van der Waals surface area contributed by atoms with Crippen molar-refractivity contribution in [2.45, 2.75) is 18.9 Å². The lowest BCUT2D eigenvalue weighted by Gasteiger charge is -2.24. The van der Waals surface area contributed by atoms with Crippen LogP contribution in [0.4, 0.5) is 0 Å². The maximum absolute atomic E-state index is 12.1. The Hall–Kier alpha value is -1.01. The zero-order valence-electron chi connectivity index (χ0n) is 8.93. The number of carbonyl (C=O) groups excluding carboxylic acids is 1. The summed E-state index contributed by atoms with van der Waals surface area (Å²) in [5.74, 6) is 0.661. The second-order valence-corrected chi connectivity index (χ2v) is 5.02. The van der Waals surface area contributed by atoms with Crippen molar-refractivity contribution in [2.75, 3.05) is 19.6 Å². The van der Waals surface area contributed by atoms with Crippen LogP contribution in [0.15, 0.2) is 6.20 Å². The number of aromatic nitrogens is 2. The molecule has 6 heteroatoms. The molecule has 0 spiro atoms. The van der Waals surface area contributed by atoms with Crippen LogP contribution in [0.3, 0.4) is 0 Å². The van der Waals surface area contributed by atoms with Crippen molar-refractivity contribution in [3.63, 3.8) is 0 Å². The fourth-order valence-corrected chi connectivity index (χ4v) is 3.04. The third-order valence-electron chi connectivity index (χ3n) is 3.47. The molecule has 3 rings (SSSR count). The third kappa shape index (κ3) is 1.72. The van der Waals surface area contributed by atoms with Crippen LogP contribution in [-0.4, -0.2) is 45.2 Å². The Morgan fingerprint density at radius 3 is 3.25 bits per heavy atom. The van der Waals surface area contributed by atoms with Crippen LogP contribution in [0.5, 0.6) is 0 Å². The van der Waals surface area contributed by atoms with E-state index in [0.717, 1.165) is 31.4 Å². The van der Waals surface area contributed by atoms with Crippen molar-refractivity contribution in [2.24, 2.45) is 5.92 Å².